The summed E-state index contributed by atoms with van der Waals surface area (Å²) in [6, 6.07) is 14.8. The van der Waals surface area contributed by atoms with E-state index in [1.54, 1.807) is 9.58 Å². The first kappa shape index (κ1) is 38.2. The highest BCUT2D eigenvalue weighted by Crippen LogP contribution is 2.25. The molecule has 2 amide bonds. The lowest BCUT2D eigenvalue weighted by molar-refractivity contribution is -0.138. The molecule has 0 bridgehead atoms. The molecule has 1 aliphatic heterocycles. The van der Waals surface area contributed by atoms with E-state index in [0.717, 1.165) is 41.0 Å². The van der Waals surface area contributed by atoms with Gasteiger partial charge in [0.25, 0.3) is 5.91 Å². The van der Waals surface area contributed by atoms with E-state index in [0.29, 0.717) is 36.6 Å². The molecule has 3 heterocycles. The van der Waals surface area contributed by atoms with Crippen molar-refractivity contribution in [1.82, 2.24) is 30.0 Å². The summed E-state index contributed by atoms with van der Waals surface area (Å²) >= 11 is 0. The maximum atomic E-state index is 13.9. The molecule has 11 heteroatoms. The van der Waals surface area contributed by atoms with Crippen molar-refractivity contribution >= 4 is 17.8 Å². The van der Waals surface area contributed by atoms with Crippen molar-refractivity contribution < 1.29 is 24.2 Å². The topological polar surface area (TPSA) is 140 Å². The predicted octanol–water partition coefficient (Wildman–Crippen LogP) is 7.08. The van der Waals surface area contributed by atoms with Crippen LogP contribution in [0.3, 0.4) is 0 Å². The zero-order chi connectivity index (χ0) is 37.3. The number of carbonyl (C=O) groups excluding carboxylic acids is 2. The minimum Gasteiger partial charge on any atom is -0.494 e. The number of ether oxygens (including phenoxy) is 1. The molecule has 2 N–H and O–H groups in total. The molecule has 0 saturated carbocycles. The summed E-state index contributed by atoms with van der Waals surface area (Å²) in [7, 11) is 0. The third-order valence-corrected chi connectivity index (χ3v) is 9.56. The summed E-state index contributed by atoms with van der Waals surface area (Å²) < 4.78 is 7.70. The van der Waals surface area contributed by atoms with E-state index in [9.17, 15) is 19.5 Å². The van der Waals surface area contributed by atoms with E-state index in [2.05, 4.69) is 27.3 Å². The molecule has 2 aromatic carbocycles. The van der Waals surface area contributed by atoms with Gasteiger partial charge in [0.1, 0.15) is 11.8 Å². The summed E-state index contributed by atoms with van der Waals surface area (Å²) in [6.07, 6.45) is 12.1. The second-order valence-corrected chi connectivity index (χ2v) is 14.8. The monoisotopic (exact) mass is 708 g/mol. The van der Waals surface area contributed by atoms with Crippen LogP contribution < -0.4 is 10.1 Å². The number of carbonyl (C=O) groups is 3. The standard InChI is InChI=1S/C41H52N6O5/c1-6-7-8-9-10-21-52-34-17-15-31(16-18-34)33-24-42-38(43-25-33)32-13-11-29(12-14-32)22-36(40(51)46-20-19-30(27-46)23-37(48)49)45-39(50)35-26-44-47(28(35)2)41(3,4)5/h11-18,24-26,30,36H,6-10,19-23,27H2,1-5H3,(H,45,50)(H,48,49)/t30-,36+/m1/s1. The Labute approximate surface area is 306 Å². The van der Waals surface area contributed by atoms with Gasteiger partial charge in [0.15, 0.2) is 5.82 Å². The average Bonchev–Trinajstić information content (AvgIpc) is 3.76. The SMILES string of the molecule is CCCCCCCOc1ccc(-c2cnc(-c3ccc(C[C@H](NC(=O)c4cnn(C(C)(C)C)c4C)C(=O)N4CC[C@H](CC(=O)O)C4)cc3)nc2)cc1. The summed E-state index contributed by atoms with van der Waals surface area (Å²) in [4.78, 5) is 49.7. The molecule has 1 saturated heterocycles. The molecular formula is C41H52N6O5. The van der Waals surface area contributed by atoms with Gasteiger partial charge in [-0.1, -0.05) is 69.0 Å². The molecule has 0 radical (unpaired) electrons. The number of hydrogen-bond acceptors (Lipinski definition) is 7. The number of aliphatic carboxylic acids is 1. The predicted molar refractivity (Wildman–Crippen MR) is 201 cm³/mol. The zero-order valence-electron chi connectivity index (χ0n) is 31.1. The highest BCUT2D eigenvalue weighted by atomic mass is 16.5. The second kappa shape index (κ2) is 17.4. The molecule has 0 spiro atoms. The van der Waals surface area contributed by atoms with Crippen molar-refractivity contribution in [1.29, 1.82) is 0 Å². The molecule has 1 aliphatic rings. The number of amides is 2. The fraction of sp³-hybridized carbons (Fsp3) is 0.463. The lowest BCUT2D eigenvalue weighted by Crippen LogP contribution is -2.49. The van der Waals surface area contributed by atoms with Gasteiger partial charge in [-0.25, -0.2) is 9.97 Å². The first-order valence-corrected chi connectivity index (χ1v) is 18.4. The molecular weight excluding hydrogens is 656 g/mol. The smallest absolute Gasteiger partial charge is 0.303 e. The number of unbranched alkanes of at least 4 members (excludes halogenated alkanes) is 4. The summed E-state index contributed by atoms with van der Waals surface area (Å²) in [6.45, 7) is 11.6. The van der Waals surface area contributed by atoms with Crippen LogP contribution in [0.15, 0.2) is 67.1 Å². The minimum absolute atomic E-state index is 0.0110. The maximum Gasteiger partial charge on any atom is 0.303 e. The van der Waals surface area contributed by atoms with Gasteiger partial charge >= 0.3 is 5.97 Å². The van der Waals surface area contributed by atoms with E-state index in [-0.39, 0.29) is 36.1 Å². The Morgan fingerprint density at radius 2 is 1.60 bits per heavy atom. The molecule has 5 rings (SSSR count). The molecule has 2 aromatic heterocycles. The van der Waals surface area contributed by atoms with Crippen LogP contribution in [-0.4, -0.2) is 73.3 Å². The van der Waals surface area contributed by atoms with Gasteiger partial charge in [0.2, 0.25) is 5.91 Å². The molecule has 4 aromatic rings. The van der Waals surface area contributed by atoms with E-state index in [4.69, 9.17) is 4.74 Å². The van der Waals surface area contributed by atoms with Gasteiger partial charge in [-0.15, -0.1) is 0 Å². The number of likely N-dealkylation sites (tertiary alicyclic amines) is 1. The number of benzene rings is 2. The summed E-state index contributed by atoms with van der Waals surface area (Å²) in [5.74, 6) is -0.164. The Kier molecular flexibility index (Phi) is 12.8. The fourth-order valence-corrected chi connectivity index (χ4v) is 6.70. The number of rotatable bonds is 16. The molecule has 11 nitrogen and oxygen atoms in total. The van der Waals surface area contributed by atoms with Crippen molar-refractivity contribution in [3.05, 3.63) is 83.9 Å². The summed E-state index contributed by atoms with van der Waals surface area (Å²) in [5, 5.41) is 16.7. The van der Waals surface area contributed by atoms with Crippen LogP contribution in [-0.2, 0) is 21.5 Å². The maximum absolute atomic E-state index is 13.9. The summed E-state index contributed by atoms with van der Waals surface area (Å²) in [5.41, 5.74) is 4.39. The van der Waals surface area contributed by atoms with Crippen molar-refractivity contribution in [2.75, 3.05) is 19.7 Å². The van der Waals surface area contributed by atoms with Gasteiger partial charge < -0.3 is 20.1 Å². The first-order valence-electron chi connectivity index (χ1n) is 18.4. The number of nitrogens with one attached hydrogen (secondary N) is 1. The average molecular weight is 709 g/mol. The molecule has 2 atom stereocenters. The van der Waals surface area contributed by atoms with Crippen LogP contribution in [0.5, 0.6) is 5.75 Å². The van der Waals surface area contributed by atoms with E-state index in [1.807, 2.05) is 88.6 Å². The highest BCUT2D eigenvalue weighted by molar-refractivity contribution is 5.98. The zero-order valence-corrected chi connectivity index (χ0v) is 31.1. The fourth-order valence-electron chi connectivity index (χ4n) is 6.70. The van der Waals surface area contributed by atoms with Crippen molar-refractivity contribution in [3.63, 3.8) is 0 Å². The van der Waals surface area contributed by atoms with Crippen molar-refractivity contribution in [2.45, 2.75) is 97.6 Å². The normalized spacial score (nSPS) is 15.0. The van der Waals surface area contributed by atoms with Crippen LogP contribution in [0.4, 0.5) is 0 Å². The molecule has 0 unspecified atom stereocenters. The van der Waals surface area contributed by atoms with Gasteiger partial charge in [0.05, 0.1) is 23.9 Å². The second-order valence-electron chi connectivity index (χ2n) is 14.8. The van der Waals surface area contributed by atoms with Crippen LogP contribution in [0.2, 0.25) is 0 Å². The number of aromatic nitrogens is 4. The third-order valence-electron chi connectivity index (χ3n) is 9.56. The highest BCUT2D eigenvalue weighted by Gasteiger charge is 2.33. The van der Waals surface area contributed by atoms with E-state index >= 15 is 0 Å². The number of nitrogens with zero attached hydrogens (tertiary/aromatic N) is 5. The van der Waals surface area contributed by atoms with Gasteiger partial charge in [-0.2, -0.15) is 5.10 Å². The van der Waals surface area contributed by atoms with Gasteiger partial charge in [-0.05, 0) is 69.7 Å². The van der Waals surface area contributed by atoms with Gasteiger partial charge in [0, 0.05) is 55.1 Å². The van der Waals surface area contributed by atoms with E-state index < -0.39 is 12.0 Å². The van der Waals surface area contributed by atoms with E-state index in [1.165, 1.54) is 31.9 Å². The number of hydrogen-bond donors (Lipinski definition) is 2. The first-order chi connectivity index (χ1) is 24.9. The van der Waals surface area contributed by atoms with Crippen LogP contribution >= 0.6 is 0 Å². The van der Waals surface area contributed by atoms with Crippen molar-refractivity contribution in [3.8, 4) is 28.3 Å². The Balaban J connectivity index is 1.25. The van der Waals surface area contributed by atoms with Crippen LogP contribution in [0.25, 0.3) is 22.5 Å². The molecule has 52 heavy (non-hydrogen) atoms. The van der Waals surface area contributed by atoms with Gasteiger partial charge in [-0.3, -0.25) is 19.1 Å². The Morgan fingerprint density at radius 1 is 0.923 bits per heavy atom. The Morgan fingerprint density at radius 3 is 2.23 bits per heavy atom. The minimum atomic E-state index is -0.878. The van der Waals surface area contributed by atoms with Crippen molar-refractivity contribution in [2.24, 2.45) is 5.92 Å². The Bertz CT molecular complexity index is 1800. The number of carboxylic acids is 1. The largest absolute Gasteiger partial charge is 0.494 e. The molecule has 276 valence electrons. The lowest BCUT2D eigenvalue weighted by atomic mass is 10.0. The molecule has 1 fully saturated rings. The van der Waals surface area contributed by atoms with Crippen LogP contribution in [0.1, 0.15) is 94.3 Å². The van der Waals surface area contributed by atoms with Crippen LogP contribution in [0, 0.1) is 12.8 Å². The molecule has 0 aliphatic carbocycles. The number of carboxylic acid groups (broad SMARTS) is 1. The Hall–Kier alpha value is -5.06. The lowest BCUT2D eigenvalue weighted by Gasteiger charge is -2.25. The third kappa shape index (κ3) is 10.0. The quantitative estimate of drug-likeness (QED) is 0.118.